The van der Waals surface area contributed by atoms with Gasteiger partial charge in [-0.15, -0.1) is 11.3 Å². The Kier molecular flexibility index (Phi) is 5.99. The molecule has 1 aliphatic heterocycles. The van der Waals surface area contributed by atoms with E-state index in [1.165, 1.54) is 20.5 Å². The Labute approximate surface area is 196 Å². The molecule has 9 heteroatoms. The molecule has 172 valence electrons. The summed E-state index contributed by atoms with van der Waals surface area (Å²) in [6.45, 7) is 9.55. The summed E-state index contributed by atoms with van der Waals surface area (Å²) < 4.78 is 11.9. The van der Waals surface area contributed by atoms with E-state index in [0.29, 0.717) is 37.0 Å². The molecule has 0 saturated carbocycles. The maximum Gasteiger partial charge on any atom is 0.263 e. The van der Waals surface area contributed by atoms with Gasteiger partial charge in [-0.1, -0.05) is 28.5 Å². The smallest absolute Gasteiger partial charge is 0.263 e. The van der Waals surface area contributed by atoms with Gasteiger partial charge in [-0.3, -0.25) is 9.69 Å². The van der Waals surface area contributed by atoms with Crippen LogP contribution in [0.5, 0.6) is 0 Å². The van der Waals surface area contributed by atoms with Gasteiger partial charge < -0.3 is 13.9 Å². The Bertz CT molecular complexity index is 1270. The van der Waals surface area contributed by atoms with Gasteiger partial charge in [0.15, 0.2) is 5.82 Å². The van der Waals surface area contributed by atoms with E-state index in [1.54, 1.807) is 11.3 Å². The minimum atomic E-state index is 0.201. The molecule has 0 bridgehead atoms. The zero-order chi connectivity index (χ0) is 22.9. The lowest BCUT2D eigenvalue weighted by atomic mass is 10.1. The highest BCUT2D eigenvalue weighted by Crippen LogP contribution is 2.31. The molecule has 1 aliphatic rings. The van der Waals surface area contributed by atoms with Crippen LogP contribution in [0.4, 0.5) is 0 Å². The lowest BCUT2D eigenvalue weighted by Gasteiger charge is -2.21. The fraction of sp³-hybridized carbons (Fsp3) is 0.417. The predicted molar refractivity (Wildman–Crippen MR) is 126 cm³/mol. The number of aryl methyl sites for hydroxylation is 3. The monoisotopic (exact) mass is 465 g/mol. The zero-order valence-corrected chi connectivity index (χ0v) is 19.9. The number of thiophene rings is 1. The van der Waals surface area contributed by atoms with Crippen molar-refractivity contribution in [2.24, 2.45) is 0 Å². The molecule has 0 radical (unpaired) electrons. The molecular formula is C24H27N5O3S. The first kappa shape index (κ1) is 21.8. The van der Waals surface area contributed by atoms with Gasteiger partial charge in [0.2, 0.25) is 5.91 Å². The lowest BCUT2D eigenvalue weighted by molar-refractivity contribution is -0.130. The van der Waals surface area contributed by atoms with E-state index >= 15 is 0 Å². The molecule has 0 unspecified atom stereocenters. The van der Waals surface area contributed by atoms with Crippen LogP contribution in [0.3, 0.4) is 0 Å². The van der Waals surface area contributed by atoms with Gasteiger partial charge in [0, 0.05) is 35.8 Å². The summed E-state index contributed by atoms with van der Waals surface area (Å²) in [5.41, 5.74) is 2.73. The standard InChI is InChI=1S/C24H27N5O3S/c1-15-18-7-4-5-8-19(18)33-20(15)13-22(30)29-10-6-9-28(11-12-29)14-21-25-24(32-27-21)23-16(2)26-31-17(23)3/h4-5,7-8H,6,9-14H2,1-3H3. The number of amides is 1. The third kappa shape index (κ3) is 4.43. The highest BCUT2D eigenvalue weighted by Gasteiger charge is 2.23. The summed E-state index contributed by atoms with van der Waals surface area (Å²) in [4.78, 5) is 23.1. The molecule has 33 heavy (non-hydrogen) atoms. The van der Waals surface area contributed by atoms with Crippen molar-refractivity contribution in [2.45, 2.75) is 40.2 Å². The van der Waals surface area contributed by atoms with Gasteiger partial charge in [0.05, 0.1) is 18.7 Å². The van der Waals surface area contributed by atoms with Gasteiger partial charge in [-0.25, -0.2) is 0 Å². The summed E-state index contributed by atoms with van der Waals surface area (Å²) in [5, 5.41) is 9.35. The Morgan fingerprint density at radius 1 is 1.06 bits per heavy atom. The third-order valence-corrected chi connectivity index (χ3v) is 7.55. The Hall–Kier alpha value is -3.04. The molecule has 1 fully saturated rings. The fourth-order valence-corrected chi connectivity index (χ4v) is 5.63. The van der Waals surface area contributed by atoms with Crippen molar-refractivity contribution in [2.75, 3.05) is 26.2 Å². The second-order valence-corrected chi connectivity index (χ2v) is 9.69. The van der Waals surface area contributed by atoms with Gasteiger partial charge in [-0.2, -0.15) is 4.98 Å². The normalized spacial score (nSPS) is 15.3. The van der Waals surface area contributed by atoms with Gasteiger partial charge in [0.1, 0.15) is 11.3 Å². The number of benzene rings is 1. The predicted octanol–water partition coefficient (Wildman–Crippen LogP) is 4.14. The summed E-state index contributed by atoms with van der Waals surface area (Å²) in [6, 6.07) is 8.36. The molecule has 4 heterocycles. The number of nitrogens with zero attached hydrogens (tertiary/aromatic N) is 5. The van der Waals surface area contributed by atoms with Crippen LogP contribution in [0.25, 0.3) is 21.5 Å². The zero-order valence-electron chi connectivity index (χ0n) is 19.1. The number of carbonyl (C=O) groups is 1. The van der Waals surface area contributed by atoms with Crippen molar-refractivity contribution >= 4 is 27.3 Å². The summed E-state index contributed by atoms with van der Waals surface area (Å²) in [5.74, 6) is 1.93. The van der Waals surface area contributed by atoms with Crippen molar-refractivity contribution in [3.63, 3.8) is 0 Å². The van der Waals surface area contributed by atoms with Crippen LogP contribution in [0, 0.1) is 20.8 Å². The highest BCUT2D eigenvalue weighted by atomic mass is 32.1. The summed E-state index contributed by atoms with van der Waals surface area (Å²) in [6.07, 6.45) is 1.39. The van der Waals surface area contributed by atoms with E-state index in [2.05, 4.69) is 45.3 Å². The Balaban J connectivity index is 1.20. The van der Waals surface area contributed by atoms with Crippen molar-refractivity contribution in [1.29, 1.82) is 0 Å². The second kappa shape index (κ2) is 9.07. The van der Waals surface area contributed by atoms with E-state index in [9.17, 15) is 4.79 Å². The van der Waals surface area contributed by atoms with E-state index in [-0.39, 0.29) is 5.91 Å². The van der Waals surface area contributed by atoms with Crippen LogP contribution >= 0.6 is 11.3 Å². The van der Waals surface area contributed by atoms with Crippen molar-refractivity contribution in [3.05, 3.63) is 52.0 Å². The van der Waals surface area contributed by atoms with Crippen molar-refractivity contribution in [1.82, 2.24) is 25.1 Å². The molecule has 0 N–H and O–H groups in total. The van der Waals surface area contributed by atoms with Crippen LogP contribution in [-0.2, 0) is 17.8 Å². The summed E-state index contributed by atoms with van der Waals surface area (Å²) >= 11 is 1.73. The molecule has 1 aromatic carbocycles. The third-order valence-electron chi connectivity index (χ3n) is 6.28. The molecule has 5 rings (SSSR count). The molecule has 1 saturated heterocycles. The maximum atomic E-state index is 13.1. The van der Waals surface area contributed by atoms with E-state index in [4.69, 9.17) is 9.05 Å². The number of carbonyl (C=O) groups excluding carboxylic acids is 1. The first-order valence-electron chi connectivity index (χ1n) is 11.2. The SMILES string of the molecule is Cc1noc(C)c1-c1nc(CN2CCCN(C(=O)Cc3sc4ccccc4c3C)CC2)no1. The fourth-order valence-electron chi connectivity index (χ4n) is 4.43. The number of hydrogen-bond acceptors (Lipinski definition) is 8. The minimum absolute atomic E-state index is 0.201. The number of rotatable bonds is 5. The average Bonchev–Trinajstić information content (AvgIpc) is 3.41. The Morgan fingerprint density at radius 3 is 2.70 bits per heavy atom. The molecule has 3 aromatic heterocycles. The molecule has 8 nitrogen and oxygen atoms in total. The minimum Gasteiger partial charge on any atom is -0.361 e. The molecule has 1 amide bonds. The summed E-state index contributed by atoms with van der Waals surface area (Å²) in [7, 11) is 0. The van der Waals surface area contributed by atoms with Gasteiger partial charge >= 0.3 is 0 Å². The lowest BCUT2D eigenvalue weighted by Crippen LogP contribution is -2.36. The van der Waals surface area contributed by atoms with E-state index < -0.39 is 0 Å². The number of fused-ring (bicyclic) bond motifs is 1. The van der Waals surface area contributed by atoms with E-state index in [1.807, 2.05) is 24.8 Å². The first-order valence-corrected chi connectivity index (χ1v) is 12.0. The second-order valence-electron chi connectivity index (χ2n) is 8.55. The van der Waals surface area contributed by atoms with Gasteiger partial charge in [0.25, 0.3) is 5.89 Å². The molecule has 4 aromatic rings. The molecule has 0 spiro atoms. The molecular weight excluding hydrogens is 438 g/mol. The van der Waals surface area contributed by atoms with E-state index in [0.717, 1.165) is 37.3 Å². The van der Waals surface area contributed by atoms with Crippen molar-refractivity contribution in [3.8, 4) is 11.5 Å². The average molecular weight is 466 g/mol. The van der Waals surface area contributed by atoms with Crippen LogP contribution in [0.1, 0.15) is 34.1 Å². The Morgan fingerprint density at radius 2 is 1.91 bits per heavy atom. The number of aromatic nitrogens is 3. The molecule has 0 aliphatic carbocycles. The topological polar surface area (TPSA) is 88.5 Å². The quantitative estimate of drug-likeness (QED) is 0.438. The van der Waals surface area contributed by atoms with Crippen LogP contribution in [0.2, 0.25) is 0 Å². The van der Waals surface area contributed by atoms with Crippen LogP contribution < -0.4 is 0 Å². The largest absolute Gasteiger partial charge is 0.361 e. The van der Waals surface area contributed by atoms with Crippen LogP contribution in [-0.4, -0.2) is 57.2 Å². The molecule has 0 atom stereocenters. The first-order chi connectivity index (χ1) is 16.0. The van der Waals surface area contributed by atoms with Crippen molar-refractivity contribution < 1.29 is 13.8 Å². The highest BCUT2D eigenvalue weighted by molar-refractivity contribution is 7.19. The van der Waals surface area contributed by atoms with Crippen LogP contribution in [0.15, 0.2) is 33.3 Å². The number of hydrogen-bond donors (Lipinski definition) is 0. The van der Waals surface area contributed by atoms with Gasteiger partial charge in [-0.05, 0) is 44.2 Å². The maximum absolute atomic E-state index is 13.1.